The SMILES string of the molecule is Fc1cccc(COc2ccc(Nc3ncncc3C#Cc3ccc4c(c3)CNCC4)cc2Cl)c1. The van der Waals surface area contributed by atoms with Gasteiger partial charge in [0.25, 0.3) is 0 Å². The summed E-state index contributed by atoms with van der Waals surface area (Å²) in [5.41, 5.74) is 5.74. The summed E-state index contributed by atoms with van der Waals surface area (Å²) >= 11 is 6.43. The molecule has 174 valence electrons. The highest BCUT2D eigenvalue weighted by atomic mass is 35.5. The number of nitrogens with zero attached hydrogens (tertiary/aromatic N) is 2. The molecule has 1 aromatic heterocycles. The van der Waals surface area contributed by atoms with Crippen LogP contribution in [0, 0.1) is 17.7 Å². The lowest BCUT2D eigenvalue weighted by Gasteiger charge is -2.16. The fraction of sp³-hybridized carbons (Fsp3) is 0.143. The van der Waals surface area contributed by atoms with Crippen molar-refractivity contribution in [3.8, 4) is 17.6 Å². The summed E-state index contributed by atoms with van der Waals surface area (Å²) in [5, 5.41) is 7.07. The molecule has 0 unspecified atom stereocenters. The third-order valence-corrected chi connectivity index (χ3v) is 5.92. The van der Waals surface area contributed by atoms with Gasteiger partial charge in [-0.25, -0.2) is 14.4 Å². The lowest BCUT2D eigenvalue weighted by Crippen LogP contribution is -2.23. The Hall–Kier alpha value is -3.92. The van der Waals surface area contributed by atoms with Gasteiger partial charge in [0.1, 0.15) is 30.3 Å². The van der Waals surface area contributed by atoms with Crippen molar-refractivity contribution in [3.63, 3.8) is 0 Å². The number of hydrogen-bond acceptors (Lipinski definition) is 5. The van der Waals surface area contributed by atoms with Gasteiger partial charge in [0, 0.05) is 24.0 Å². The number of anilines is 2. The van der Waals surface area contributed by atoms with Gasteiger partial charge in [-0.05, 0) is 72.1 Å². The molecule has 3 aromatic carbocycles. The molecule has 5 nitrogen and oxygen atoms in total. The summed E-state index contributed by atoms with van der Waals surface area (Å²) in [6.07, 6.45) is 4.19. The summed E-state index contributed by atoms with van der Waals surface area (Å²) in [5.74, 6) is 7.19. The average molecular weight is 485 g/mol. The summed E-state index contributed by atoms with van der Waals surface area (Å²) in [4.78, 5) is 8.47. The number of aromatic nitrogens is 2. The largest absolute Gasteiger partial charge is 0.487 e. The van der Waals surface area contributed by atoms with E-state index in [1.807, 2.05) is 6.07 Å². The molecule has 2 heterocycles. The molecule has 0 saturated carbocycles. The number of hydrogen-bond donors (Lipinski definition) is 2. The van der Waals surface area contributed by atoms with Crippen LogP contribution in [0.4, 0.5) is 15.9 Å². The number of ether oxygens (including phenoxy) is 1. The first kappa shape index (κ1) is 22.9. The zero-order valence-corrected chi connectivity index (χ0v) is 19.6. The van der Waals surface area contributed by atoms with Gasteiger partial charge in [-0.3, -0.25) is 0 Å². The van der Waals surface area contributed by atoms with Gasteiger partial charge in [-0.1, -0.05) is 41.6 Å². The van der Waals surface area contributed by atoms with Crippen LogP contribution in [0.5, 0.6) is 5.75 Å². The van der Waals surface area contributed by atoms with Crippen LogP contribution < -0.4 is 15.4 Å². The molecule has 1 aliphatic rings. The highest BCUT2D eigenvalue weighted by Crippen LogP contribution is 2.30. The number of halogens is 2. The van der Waals surface area contributed by atoms with Crippen LogP contribution in [0.3, 0.4) is 0 Å². The molecule has 5 rings (SSSR count). The highest BCUT2D eigenvalue weighted by Gasteiger charge is 2.09. The fourth-order valence-electron chi connectivity index (χ4n) is 3.84. The monoisotopic (exact) mass is 484 g/mol. The molecule has 4 aromatic rings. The van der Waals surface area contributed by atoms with E-state index in [1.54, 1.807) is 30.5 Å². The lowest BCUT2D eigenvalue weighted by atomic mass is 9.99. The highest BCUT2D eigenvalue weighted by molar-refractivity contribution is 6.32. The first-order valence-corrected chi connectivity index (χ1v) is 11.6. The normalized spacial score (nSPS) is 12.3. The van der Waals surface area contributed by atoms with Crippen LogP contribution in [0.15, 0.2) is 73.2 Å². The molecular formula is C28H22ClFN4O. The van der Waals surface area contributed by atoms with E-state index in [0.29, 0.717) is 22.2 Å². The Morgan fingerprint density at radius 1 is 1.06 bits per heavy atom. The molecule has 0 amide bonds. The quantitative estimate of drug-likeness (QED) is 0.359. The van der Waals surface area contributed by atoms with E-state index in [1.165, 1.54) is 29.6 Å². The molecule has 0 aliphatic carbocycles. The van der Waals surface area contributed by atoms with E-state index < -0.39 is 0 Å². The van der Waals surface area contributed by atoms with Gasteiger partial charge < -0.3 is 15.4 Å². The standard InChI is InChI=1S/C28H22ClFN4O/c29-26-14-25(8-9-27(26)35-17-20-2-1-3-24(30)13-20)34-28-22(15-32-18-33-28)7-5-19-4-6-21-10-11-31-16-23(21)12-19/h1-4,6,8-9,12-15,18,31H,10-11,16-17H2,(H,32,33,34). The van der Waals surface area contributed by atoms with Crippen LogP contribution in [0.2, 0.25) is 5.02 Å². The number of benzene rings is 3. The van der Waals surface area contributed by atoms with Gasteiger partial charge in [-0.2, -0.15) is 0 Å². The molecule has 0 atom stereocenters. The zero-order chi connectivity index (χ0) is 24.0. The summed E-state index contributed by atoms with van der Waals surface area (Å²) in [7, 11) is 0. The summed E-state index contributed by atoms with van der Waals surface area (Å²) < 4.78 is 19.1. The van der Waals surface area contributed by atoms with E-state index in [2.05, 4.69) is 50.6 Å². The Labute approximate surface area is 208 Å². The van der Waals surface area contributed by atoms with Crippen molar-refractivity contribution < 1.29 is 9.13 Å². The van der Waals surface area contributed by atoms with Crippen molar-refractivity contribution in [2.75, 3.05) is 11.9 Å². The predicted octanol–water partition coefficient (Wildman–Crippen LogP) is 5.64. The molecule has 0 spiro atoms. The second-order valence-corrected chi connectivity index (χ2v) is 8.54. The molecule has 2 N–H and O–H groups in total. The second kappa shape index (κ2) is 10.6. The fourth-order valence-corrected chi connectivity index (χ4v) is 4.07. The molecule has 0 fully saturated rings. The Morgan fingerprint density at radius 2 is 2.00 bits per heavy atom. The minimum atomic E-state index is -0.302. The lowest BCUT2D eigenvalue weighted by molar-refractivity contribution is 0.306. The van der Waals surface area contributed by atoms with Gasteiger partial charge in [0.05, 0.1) is 10.6 Å². The minimum Gasteiger partial charge on any atom is -0.487 e. The Morgan fingerprint density at radius 3 is 2.89 bits per heavy atom. The van der Waals surface area contributed by atoms with Crippen molar-refractivity contribution >= 4 is 23.1 Å². The molecular weight excluding hydrogens is 463 g/mol. The minimum absolute atomic E-state index is 0.217. The number of nitrogens with one attached hydrogen (secondary N) is 2. The van der Waals surface area contributed by atoms with Gasteiger partial charge in [0.15, 0.2) is 0 Å². The Kier molecular flexibility index (Phi) is 6.89. The van der Waals surface area contributed by atoms with Crippen molar-refractivity contribution in [2.45, 2.75) is 19.6 Å². The van der Waals surface area contributed by atoms with Gasteiger partial charge in [0.2, 0.25) is 0 Å². The molecule has 0 saturated heterocycles. The maximum absolute atomic E-state index is 13.4. The van der Waals surface area contributed by atoms with Gasteiger partial charge in [-0.15, -0.1) is 0 Å². The van der Waals surface area contributed by atoms with Crippen molar-refractivity contribution in [2.24, 2.45) is 0 Å². The molecule has 7 heteroatoms. The maximum atomic E-state index is 13.4. The average Bonchev–Trinajstić information content (AvgIpc) is 2.88. The van der Waals surface area contributed by atoms with Crippen molar-refractivity contribution in [3.05, 3.63) is 112 Å². The summed E-state index contributed by atoms with van der Waals surface area (Å²) in [6, 6.07) is 18.0. The van der Waals surface area contributed by atoms with E-state index >= 15 is 0 Å². The summed E-state index contributed by atoms with van der Waals surface area (Å²) in [6.45, 7) is 2.10. The predicted molar refractivity (Wildman–Crippen MR) is 135 cm³/mol. The topological polar surface area (TPSA) is 59.1 Å². The second-order valence-electron chi connectivity index (χ2n) is 8.13. The van der Waals surface area contributed by atoms with E-state index in [0.717, 1.165) is 36.3 Å². The number of fused-ring (bicyclic) bond motifs is 1. The number of rotatable bonds is 5. The van der Waals surface area contributed by atoms with E-state index in [9.17, 15) is 4.39 Å². The zero-order valence-electron chi connectivity index (χ0n) is 18.8. The third-order valence-electron chi connectivity index (χ3n) is 5.62. The third kappa shape index (κ3) is 5.78. The van der Waals surface area contributed by atoms with Crippen LogP contribution in [0.25, 0.3) is 0 Å². The van der Waals surface area contributed by atoms with Crippen molar-refractivity contribution in [1.29, 1.82) is 0 Å². The van der Waals surface area contributed by atoms with Gasteiger partial charge >= 0.3 is 0 Å². The first-order valence-electron chi connectivity index (χ1n) is 11.2. The molecule has 1 aliphatic heterocycles. The van der Waals surface area contributed by atoms with E-state index in [-0.39, 0.29) is 12.4 Å². The van der Waals surface area contributed by atoms with E-state index in [4.69, 9.17) is 16.3 Å². The molecule has 35 heavy (non-hydrogen) atoms. The van der Waals surface area contributed by atoms with Crippen LogP contribution >= 0.6 is 11.6 Å². The van der Waals surface area contributed by atoms with Crippen LogP contribution in [-0.2, 0) is 19.6 Å². The smallest absolute Gasteiger partial charge is 0.149 e. The molecule has 0 bridgehead atoms. The van der Waals surface area contributed by atoms with Crippen LogP contribution in [0.1, 0.15) is 27.8 Å². The maximum Gasteiger partial charge on any atom is 0.149 e. The Balaban J connectivity index is 1.30. The first-order chi connectivity index (χ1) is 17.1. The van der Waals surface area contributed by atoms with Crippen LogP contribution in [-0.4, -0.2) is 16.5 Å². The molecule has 0 radical (unpaired) electrons. The van der Waals surface area contributed by atoms with Crippen molar-refractivity contribution in [1.82, 2.24) is 15.3 Å². The Bertz CT molecular complexity index is 1430.